The minimum absolute atomic E-state index is 0.382. The Labute approximate surface area is 190 Å². The SMILES string of the molecule is COc1ccc(-c2ncn(CCc3ccccc3OC)c2C(C)C)cc1.O=C(O)C(F)(F)F. The number of halogens is 3. The van der Waals surface area contributed by atoms with Crippen LogP contribution in [-0.2, 0) is 17.8 Å². The van der Waals surface area contributed by atoms with E-state index in [0.29, 0.717) is 5.92 Å². The van der Waals surface area contributed by atoms with Gasteiger partial charge in [-0.15, -0.1) is 0 Å². The first-order chi connectivity index (χ1) is 15.6. The molecule has 178 valence electrons. The van der Waals surface area contributed by atoms with E-state index in [-0.39, 0.29) is 0 Å². The van der Waals surface area contributed by atoms with Crippen molar-refractivity contribution in [3.05, 3.63) is 66.1 Å². The van der Waals surface area contributed by atoms with Crippen molar-refractivity contribution in [2.45, 2.75) is 38.9 Å². The van der Waals surface area contributed by atoms with Gasteiger partial charge in [0.2, 0.25) is 0 Å². The highest BCUT2D eigenvalue weighted by Gasteiger charge is 2.38. The number of imidazole rings is 1. The van der Waals surface area contributed by atoms with Crippen LogP contribution in [0.5, 0.6) is 11.5 Å². The highest BCUT2D eigenvalue weighted by Crippen LogP contribution is 2.30. The van der Waals surface area contributed by atoms with E-state index in [9.17, 15) is 13.2 Å². The van der Waals surface area contributed by atoms with Crippen LogP contribution in [0.15, 0.2) is 54.9 Å². The third kappa shape index (κ3) is 7.00. The second-order valence-electron chi connectivity index (χ2n) is 7.42. The lowest BCUT2D eigenvalue weighted by molar-refractivity contribution is -0.192. The van der Waals surface area contributed by atoms with E-state index in [1.807, 2.05) is 30.6 Å². The lowest BCUT2D eigenvalue weighted by Gasteiger charge is -2.14. The number of carboxylic acids is 1. The summed E-state index contributed by atoms with van der Waals surface area (Å²) in [6, 6.07) is 16.3. The number of hydrogen-bond acceptors (Lipinski definition) is 4. The van der Waals surface area contributed by atoms with Crippen LogP contribution < -0.4 is 9.47 Å². The minimum Gasteiger partial charge on any atom is -0.497 e. The monoisotopic (exact) mass is 464 g/mol. The molecule has 3 rings (SSSR count). The number of hydrogen-bond donors (Lipinski definition) is 1. The van der Waals surface area contributed by atoms with Crippen molar-refractivity contribution in [3.8, 4) is 22.8 Å². The minimum atomic E-state index is -5.08. The van der Waals surface area contributed by atoms with Gasteiger partial charge in [0.1, 0.15) is 11.5 Å². The summed E-state index contributed by atoms with van der Waals surface area (Å²) in [7, 11) is 3.40. The molecule has 2 aromatic carbocycles. The maximum absolute atomic E-state index is 10.6. The molecule has 1 aromatic heterocycles. The fourth-order valence-corrected chi connectivity index (χ4v) is 3.30. The van der Waals surface area contributed by atoms with Crippen LogP contribution in [0.25, 0.3) is 11.3 Å². The maximum atomic E-state index is 10.6. The molecule has 0 saturated carbocycles. The Morgan fingerprint density at radius 3 is 2.18 bits per heavy atom. The normalized spacial score (nSPS) is 11.0. The Bertz CT molecular complexity index is 1040. The van der Waals surface area contributed by atoms with Gasteiger partial charge in [-0.1, -0.05) is 32.0 Å². The summed E-state index contributed by atoms with van der Waals surface area (Å²) in [6.45, 7) is 5.30. The molecule has 0 aliphatic carbocycles. The van der Waals surface area contributed by atoms with Crippen molar-refractivity contribution in [2.24, 2.45) is 0 Å². The van der Waals surface area contributed by atoms with Crippen LogP contribution in [0, 0.1) is 0 Å². The zero-order valence-corrected chi connectivity index (χ0v) is 18.9. The molecule has 0 bridgehead atoms. The zero-order chi connectivity index (χ0) is 24.6. The first-order valence-electron chi connectivity index (χ1n) is 10.2. The number of carboxylic acid groups (broad SMARTS) is 1. The highest BCUT2D eigenvalue weighted by molar-refractivity contribution is 5.73. The van der Waals surface area contributed by atoms with Gasteiger partial charge in [-0.05, 0) is 48.2 Å². The van der Waals surface area contributed by atoms with Crippen LogP contribution >= 0.6 is 0 Å². The summed E-state index contributed by atoms with van der Waals surface area (Å²) >= 11 is 0. The maximum Gasteiger partial charge on any atom is 0.490 e. The molecule has 0 fully saturated rings. The third-order valence-electron chi connectivity index (χ3n) is 4.85. The van der Waals surface area contributed by atoms with Crippen LogP contribution in [0.1, 0.15) is 31.0 Å². The first-order valence-corrected chi connectivity index (χ1v) is 10.2. The summed E-state index contributed by atoms with van der Waals surface area (Å²) in [5, 5.41) is 7.12. The third-order valence-corrected chi connectivity index (χ3v) is 4.85. The number of aryl methyl sites for hydroxylation is 2. The molecule has 0 atom stereocenters. The average Bonchev–Trinajstić information content (AvgIpc) is 3.22. The molecule has 1 N–H and O–H groups in total. The van der Waals surface area contributed by atoms with E-state index in [4.69, 9.17) is 24.4 Å². The Balaban J connectivity index is 0.000000479. The van der Waals surface area contributed by atoms with E-state index in [0.717, 1.165) is 35.7 Å². The first kappa shape index (κ1) is 25.8. The molecular formula is C24H27F3N2O4. The number of aromatic nitrogens is 2. The lowest BCUT2D eigenvalue weighted by Crippen LogP contribution is -2.21. The number of benzene rings is 2. The summed E-state index contributed by atoms with van der Waals surface area (Å²) in [5.74, 6) is -0.579. The Morgan fingerprint density at radius 2 is 1.67 bits per heavy atom. The van der Waals surface area contributed by atoms with Crippen LogP contribution in [0.4, 0.5) is 13.2 Å². The van der Waals surface area contributed by atoms with Crippen molar-refractivity contribution in [3.63, 3.8) is 0 Å². The van der Waals surface area contributed by atoms with E-state index < -0.39 is 12.1 Å². The van der Waals surface area contributed by atoms with Gasteiger partial charge >= 0.3 is 12.1 Å². The van der Waals surface area contributed by atoms with Gasteiger partial charge in [0.25, 0.3) is 0 Å². The van der Waals surface area contributed by atoms with Gasteiger partial charge in [-0.2, -0.15) is 13.2 Å². The van der Waals surface area contributed by atoms with Gasteiger partial charge in [-0.25, -0.2) is 9.78 Å². The summed E-state index contributed by atoms with van der Waals surface area (Å²) < 4.78 is 44.7. The number of aliphatic carboxylic acids is 1. The molecule has 0 aliphatic rings. The summed E-state index contributed by atoms with van der Waals surface area (Å²) in [5.41, 5.74) is 4.63. The van der Waals surface area contributed by atoms with E-state index in [2.05, 4.69) is 42.7 Å². The van der Waals surface area contributed by atoms with Crippen molar-refractivity contribution in [1.82, 2.24) is 9.55 Å². The van der Waals surface area contributed by atoms with E-state index in [1.165, 1.54) is 11.3 Å². The number of nitrogens with zero attached hydrogens (tertiary/aromatic N) is 2. The number of para-hydroxylation sites is 1. The van der Waals surface area contributed by atoms with Gasteiger partial charge in [0.15, 0.2) is 0 Å². The smallest absolute Gasteiger partial charge is 0.490 e. The largest absolute Gasteiger partial charge is 0.497 e. The molecular weight excluding hydrogens is 437 g/mol. The van der Waals surface area contributed by atoms with Gasteiger partial charge in [0, 0.05) is 17.8 Å². The molecule has 0 spiro atoms. The molecule has 0 unspecified atom stereocenters. The second kappa shape index (κ2) is 11.4. The molecule has 6 nitrogen and oxygen atoms in total. The highest BCUT2D eigenvalue weighted by atomic mass is 19.4. The molecule has 3 aromatic rings. The van der Waals surface area contributed by atoms with E-state index >= 15 is 0 Å². The van der Waals surface area contributed by atoms with Gasteiger partial charge in [0.05, 0.1) is 26.2 Å². The van der Waals surface area contributed by atoms with Gasteiger partial charge in [-0.3, -0.25) is 0 Å². The number of carbonyl (C=O) groups is 1. The molecule has 33 heavy (non-hydrogen) atoms. The Hall–Kier alpha value is -3.49. The molecule has 1 heterocycles. The molecule has 0 amide bonds. The zero-order valence-electron chi connectivity index (χ0n) is 18.9. The fraction of sp³-hybridized carbons (Fsp3) is 0.333. The fourth-order valence-electron chi connectivity index (χ4n) is 3.30. The number of methoxy groups -OCH3 is 2. The van der Waals surface area contributed by atoms with Crippen molar-refractivity contribution < 1.29 is 32.5 Å². The quantitative estimate of drug-likeness (QED) is 0.495. The van der Waals surface area contributed by atoms with Crippen molar-refractivity contribution in [2.75, 3.05) is 14.2 Å². The Morgan fingerprint density at radius 1 is 1.06 bits per heavy atom. The van der Waals surface area contributed by atoms with E-state index in [1.54, 1.807) is 14.2 Å². The van der Waals surface area contributed by atoms with Crippen LogP contribution in [-0.4, -0.2) is 41.0 Å². The number of alkyl halides is 3. The van der Waals surface area contributed by atoms with Crippen LogP contribution in [0.2, 0.25) is 0 Å². The molecule has 0 radical (unpaired) electrons. The number of ether oxygens (including phenoxy) is 2. The molecule has 0 saturated heterocycles. The summed E-state index contributed by atoms with van der Waals surface area (Å²) in [6.07, 6.45) is -2.23. The van der Waals surface area contributed by atoms with Crippen LogP contribution in [0.3, 0.4) is 0 Å². The molecule has 9 heteroatoms. The molecule has 0 aliphatic heterocycles. The lowest BCUT2D eigenvalue weighted by atomic mass is 10.0. The van der Waals surface area contributed by atoms with Crippen molar-refractivity contribution >= 4 is 5.97 Å². The Kier molecular flexibility index (Phi) is 8.90. The second-order valence-corrected chi connectivity index (χ2v) is 7.42. The number of rotatable bonds is 7. The predicted molar refractivity (Wildman–Crippen MR) is 119 cm³/mol. The van der Waals surface area contributed by atoms with Crippen molar-refractivity contribution in [1.29, 1.82) is 0 Å². The standard InChI is InChI=1S/C22H26N2O2.C2HF3O2/c1-16(2)22-21(18-9-11-19(25-3)12-10-18)23-15-24(22)14-13-17-7-5-6-8-20(17)26-4;3-2(4,5)1(6)7/h5-12,15-16H,13-14H2,1-4H3;(H,6,7). The topological polar surface area (TPSA) is 73.6 Å². The summed E-state index contributed by atoms with van der Waals surface area (Å²) in [4.78, 5) is 13.6. The predicted octanol–water partition coefficient (Wildman–Crippen LogP) is 5.57. The van der Waals surface area contributed by atoms with Gasteiger partial charge < -0.3 is 19.1 Å². The average molecular weight is 464 g/mol.